The second-order valence-electron chi connectivity index (χ2n) is 4.67. The van der Waals surface area contributed by atoms with E-state index in [9.17, 15) is 0 Å². The van der Waals surface area contributed by atoms with Crippen LogP contribution in [0.4, 0.5) is 0 Å². The Hall–Kier alpha value is -1.61. The topological polar surface area (TPSA) is 29.9 Å². The van der Waals surface area contributed by atoms with Crippen molar-refractivity contribution in [1.29, 1.82) is 0 Å². The number of rotatable bonds is 7. The maximum absolute atomic E-state index is 4.03. The van der Waals surface area contributed by atoms with E-state index in [1.807, 2.05) is 18.7 Å². The van der Waals surface area contributed by atoms with E-state index >= 15 is 0 Å². The molecule has 0 saturated carbocycles. The maximum Gasteiger partial charge on any atom is 0.0945 e. The van der Waals surface area contributed by atoms with Crippen LogP contribution in [0.25, 0.3) is 0 Å². The van der Waals surface area contributed by atoms with E-state index in [0.29, 0.717) is 5.92 Å². The van der Waals surface area contributed by atoms with Crippen molar-refractivity contribution in [3.8, 4) is 0 Å². The third-order valence-electron chi connectivity index (χ3n) is 3.15. The van der Waals surface area contributed by atoms with Gasteiger partial charge in [-0.05, 0) is 24.4 Å². The molecule has 18 heavy (non-hydrogen) atoms. The molecule has 1 atom stereocenters. The summed E-state index contributed by atoms with van der Waals surface area (Å²) < 4.78 is 2.11. The predicted octanol–water partition coefficient (Wildman–Crippen LogP) is 2.67. The number of aromatic nitrogens is 2. The zero-order chi connectivity index (χ0) is 12.6. The van der Waals surface area contributed by atoms with E-state index in [1.54, 1.807) is 0 Å². The predicted molar refractivity (Wildman–Crippen MR) is 74.6 cm³/mol. The molecule has 0 amide bonds. The van der Waals surface area contributed by atoms with Crippen molar-refractivity contribution in [2.75, 3.05) is 13.1 Å². The fourth-order valence-corrected chi connectivity index (χ4v) is 2.02. The van der Waals surface area contributed by atoms with Gasteiger partial charge < -0.3 is 9.88 Å². The Morgan fingerprint density at radius 3 is 2.83 bits per heavy atom. The van der Waals surface area contributed by atoms with E-state index in [1.165, 1.54) is 5.56 Å². The average Bonchev–Trinajstić information content (AvgIpc) is 2.92. The number of benzene rings is 1. The minimum Gasteiger partial charge on any atom is -0.337 e. The van der Waals surface area contributed by atoms with Gasteiger partial charge in [0, 0.05) is 25.5 Å². The molecule has 1 N–H and O–H groups in total. The summed E-state index contributed by atoms with van der Waals surface area (Å²) >= 11 is 0. The Morgan fingerprint density at radius 2 is 2.11 bits per heavy atom. The molecule has 3 nitrogen and oxygen atoms in total. The van der Waals surface area contributed by atoms with Crippen LogP contribution in [0.3, 0.4) is 0 Å². The summed E-state index contributed by atoms with van der Waals surface area (Å²) in [7, 11) is 0. The minimum absolute atomic E-state index is 0.569. The highest BCUT2D eigenvalue weighted by Crippen LogP contribution is 2.12. The lowest BCUT2D eigenvalue weighted by molar-refractivity contribution is 0.556. The van der Waals surface area contributed by atoms with Crippen LogP contribution >= 0.6 is 0 Å². The molecule has 0 saturated heterocycles. The highest BCUT2D eigenvalue weighted by atomic mass is 15.0. The molecule has 2 rings (SSSR count). The molecule has 0 radical (unpaired) electrons. The zero-order valence-electron chi connectivity index (χ0n) is 10.9. The summed E-state index contributed by atoms with van der Waals surface area (Å²) in [5.41, 5.74) is 1.40. The van der Waals surface area contributed by atoms with E-state index in [0.717, 1.165) is 26.1 Å². The molecule has 2 aromatic rings. The Morgan fingerprint density at radius 1 is 1.28 bits per heavy atom. The largest absolute Gasteiger partial charge is 0.337 e. The van der Waals surface area contributed by atoms with Crippen molar-refractivity contribution in [3.63, 3.8) is 0 Å². The van der Waals surface area contributed by atoms with E-state index in [-0.39, 0.29) is 0 Å². The van der Waals surface area contributed by atoms with Crippen molar-refractivity contribution >= 4 is 0 Å². The molecule has 0 aliphatic rings. The first-order valence-corrected chi connectivity index (χ1v) is 6.57. The minimum atomic E-state index is 0.569. The Bertz CT molecular complexity index is 422. The first-order valence-electron chi connectivity index (χ1n) is 6.57. The summed E-state index contributed by atoms with van der Waals surface area (Å²) in [5.74, 6) is 0.569. The second kappa shape index (κ2) is 6.97. The number of aryl methyl sites for hydroxylation is 1. The van der Waals surface area contributed by atoms with Gasteiger partial charge in [-0.2, -0.15) is 0 Å². The molecule has 0 aliphatic carbocycles. The standard InChI is InChI=1S/C15H21N3/c1-14(15-6-3-2-4-7-15)12-16-8-5-10-18-11-9-17-13-18/h2-4,6-7,9,11,13-14,16H,5,8,10,12H2,1H3/t14-/m1/s1. The molecule has 0 unspecified atom stereocenters. The number of nitrogens with zero attached hydrogens (tertiary/aromatic N) is 2. The van der Waals surface area contributed by atoms with Crippen molar-refractivity contribution < 1.29 is 0 Å². The summed E-state index contributed by atoms with van der Waals surface area (Å²) in [4.78, 5) is 4.03. The summed E-state index contributed by atoms with van der Waals surface area (Å²) in [6.45, 7) is 5.38. The number of hydrogen-bond donors (Lipinski definition) is 1. The molecule has 96 valence electrons. The Balaban J connectivity index is 1.61. The third kappa shape index (κ3) is 4.00. The van der Waals surface area contributed by atoms with Gasteiger partial charge in [0.25, 0.3) is 0 Å². The van der Waals surface area contributed by atoms with Crippen LogP contribution in [0, 0.1) is 0 Å². The van der Waals surface area contributed by atoms with Crippen molar-refractivity contribution in [2.45, 2.75) is 25.8 Å². The monoisotopic (exact) mass is 243 g/mol. The first kappa shape index (κ1) is 12.8. The van der Waals surface area contributed by atoms with Crippen molar-refractivity contribution in [1.82, 2.24) is 14.9 Å². The highest BCUT2D eigenvalue weighted by Gasteiger charge is 2.03. The molecule has 0 bridgehead atoms. The van der Waals surface area contributed by atoms with Crippen molar-refractivity contribution in [3.05, 3.63) is 54.6 Å². The van der Waals surface area contributed by atoms with Gasteiger partial charge in [-0.15, -0.1) is 0 Å². The van der Waals surface area contributed by atoms with Gasteiger partial charge in [-0.3, -0.25) is 0 Å². The fourth-order valence-electron chi connectivity index (χ4n) is 2.02. The third-order valence-corrected chi connectivity index (χ3v) is 3.15. The molecule has 0 spiro atoms. The Kier molecular flexibility index (Phi) is 4.97. The molecule has 0 fully saturated rings. The summed E-state index contributed by atoms with van der Waals surface area (Å²) in [6, 6.07) is 10.7. The lowest BCUT2D eigenvalue weighted by Gasteiger charge is -2.13. The molecule has 3 heteroatoms. The maximum atomic E-state index is 4.03. The van der Waals surface area contributed by atoms with Gasteiger partial charge in [-0.25, -0.2) is 4.98 Å². The van der Waals surface area contributed by atoms with Crippen LogP contribution in [0.1, 0.15) is 24.8 Å². The van der Waals surface area contributed by atoms with E-state index < -0.39 is 0 Å². The van der Waals surface area contributed by atoms with Crippen LogP contribution in [-0.2, 0) is 6.54 Å². The van der Waals surface area contributed by atoms with Gasteiger partial charge in [0.2, 0.25) is 0 Å². The smallest absolute Gasteiger partial charge is 0.0945 e. The lowest BCUT2D eigenvalue weighted by atomic mass is 10.0. The summed E-state index contributed by atoms with van der Waals surface area (Å²) in [6.07, 6.45) is 6.84. The van der Waals surface area contributed by atoms with Crippen LogP contribution < -0.4 is 5.32 Å². The lowest BCUT2D eigenvalue weighted by Crippen LogP contribution is -2.22. The SMILES string of the molecule is C[C@H](CNCCCn1ccnc1)c1ccccc1. The van der Waals surface area contributed by atoms with Gasteiger partial charge in [0.1, 0.15) is 0 Å². The number of hydrogen-bond acceptors (Lipinski definition) is 2. The van der Waals surface area contributed by atoms with Crippen LogP contribution in [0.2, 0.25) is 0 Å². The normalized spacial score (nSPS) is 12.5. The Labute approximate surface area is 109 Å². The molecule has 1 aromatic carbocycles. The molecule has 1 heterocycles. The van der Waals surface area contributed by atoms with Crippen LogP contribution in [0.5, 0.6) is 0 Å². The van der Waals surface area contributed by atoms with E-state index in [2.05, 4.69) is 52.1 Å². The van der Waals surface area contributed by atoms with Crippen molar-refractivity contribution in [2.24, 2.45) is 0 Å². The van der Waals surface area contributed by atoms with Gasteiger partial charge in [0.15, 0.2) is 0 Å². The molecular formula is C15H21N3. The summed E-state index contributed by atoms with van der Waals surface area (Å²) in [5, 5.41) is 3.51. The second-order valence-corrected chi connectivity index (χ2v) is 4.67. The molecule has 1 aromatic heterocycles. The zero-order valence-corrected chi connectivity index (χ0v) is 10.9. The fraction of sp³-hybridized carbons (Fsp3) is 0.400. The van der Waals surface area contributed by atoms with Gasteiger partial charge >= 0.3 is 0 Å². The average molecular weight is 243 g/mol. The number of nitrogens with one attached hydrogen (secondary N) is 1. The van der Waals surface area contributed by atoms with Gasteiger partial charge in [-0.1, -0.05) is 37.3 Å². The number of imidazole rings is 1. The quantitative estimate of drug-likeness (QED) is 0.758. The van der Waals surface area contributed by atoms with Crippen LogP contribution in [0.15, 0.2) is 49.1 Å². The highest BCUT2D eigenvalue weighted by molar-refractivity contribution is 5.18. The molecule has 0 aliphatic heterocycles. The van der Waals surface area contributed by atoms with E-state index in [4.69, 9.17) is 0 Å². The first-order chi connectivity index (χ1) is 8.86. The van der Waals surface area contributed by atoms with Gasteiger partial charge in [0.05, 0.1) is 6.33 Å². The van der Waals surface area contributed by atoms with Crippen LogP contribution in [-0.4, -0.2) is 22.6 Å². The molecular weight excluding hydrogens is 222 g/mol.